The molecule has 1 heterocycles. The maximum Gasteiger partial charge on any atom is 0.241 e. The molecule has 3 fully saturated rings. The predicted molar refractivity (Wildman–Crippen MR) is 107 cm³/mol. The van der Waals surface area contributed by atoms with Gasteiger partial charge in [0.25, 0.3) is 0 Å². The Balaban J connectivity index is 1.54. The molecule has 1 aliphatic heterocycles. The molecule has 0 bridgehead atoms. The highest BCUT2D eigenvalue weighted by molar-refractivity contribution is 7.89. The quantitative estimate of drug-likeness (QED) is 0.430. The van der Waals surface area contributed by atoms with E-state index in [1.165, 1.54) is 0 Å². The van der Waals surface area contributed by atoms with Crippen molar-refractivity contribution in [2.75, 3.05) is 26.0 Å². The van der Waals surface area contributed by atoms with Crippen LogP contribution in [0.2, 0.25) is 0 Å². The minimum absolute atomic E-state index is 0.00388. The summed E-state index contributed by atoms with van der Waals surface area (Å²) in [7, 11) is -1.64. The van der Waals surface area contributed by atoms with Gasteiger partial charge in [-0.15, -0.1) is 16.4 Å². The number of sulfonamides is 1. The Morgan fingerprint density at radius 1 is 1.25 bits per heavy atom. The number of nitrogens with one attached hydrogen (secondary N) is 3. The van der Waals surface area contributed by atoms with Crippen LogP contribution in [0.25, 0.3) is 0 Å². The number of nitrogens with zero attached hydrogens (tertiary/aromatic N) is 1. The van der Waals surface area contributed by atoms with E-state index >= 15 is 0 Å². The fraction of sp³-hybridized carbons (Fsp3) is 0.944. The summed E-state index contributed by atoms with van der Waals surface area (Å²) in [6.45, 7) is 1.58. The van der Waals surface area contributed by atoms with Gasteiger partial charge in [-0.1, -0.05) is 19.3 Å². The number of hydrogen-bond acceptors (Lipinski definition) is 5. The molecule has 5 unspecified atom stereocenters. The lowest BCUT2D eigenvalue weighted by Gasteiger charge is -2.37. The number of carbonyl (C=O) groups excluding carboxylic acids is 1. The van der Waals surface area contributed by atoms with Crippen LogP contribution in [0.4, 0.5) is 4.39 Å². The van der Waals surface area contributed by atoms with Crippen molar-refractivity contribution >= 4 is 27.5 Å². The van der Waals surface area contributed by atoms with Crippen molar-refractivity contribution in [2.45, 2.75) is 62.5 Å². The van der Waals surface area contributed by atoms with E-state index in [2.05, 4.69) is 20.5 Å². The van der Waals surface area contributed by atoms with Crippen LogP contribution in [0.3, 0.4) is 0 Å². The Morgan fingerprint density at radius 3 is 2.61 bits per heavy atom. The summed E-state index contributed by atoms with van der Waals surface area (Å²) >= 11 is 6.20. The number of carbonyl (C=O) groups is 1. The lowest BCUT2D eigenvalue weighted by molar-refractivity contribution is -0.129. The van der Waals surface area contributed by atoms with Crippen LogP contribution in [0.1, 0.15) is 44.9 Å². The number of rotatable bonds is 6. The Morgan fingerprint density at radius 2 is 1.96 bits per heavy atom. The van der Waals surface area contributed by atoms with E-state index in [4.69, 9.17) is 11.6 Å². The molecule has 2 saturated carbocycles. The molecule has 0 aromatic rings. The zero-order chi connectivity index (χ0) is 20.3. The summed E-state index contributed by atoms with van der Waals surface area (Å²) < 4.78 is 39.2. The highest BCUT2D eigenvalue weighted by atomic mass is 35.5. The van der Waals surface area contributed by atoms with Crippen molar-refractivity contribution in [2.24, 2.45) is 17.8 Å². The van der Waals surface area contributed by atoms with Crippen LogP contribution in [-0.4, -0.2) is 62.8 Å². The Kier molecular flexibility index (Phi) is 7.58. The van der Waals surface area contributed by atoms with Crippen molar-refractivity contribution in [3.8, 4) is 0 Å². The number of hydrazine groups is 1. The van der Waals surface area contributed by atoms with Gasteiger partial charge in [0.05, 0.1) is 17.0 Å². The van der Waals surface area contributed by atoms with Gasteiger partial charge in [0.1, 0.15) is 6.17 Å². The summed E-state index contributed by atoms with van der Waals surface area (Å²) in [5.41, 5.74) is 2.25. The van der Waals surface area contributed by atoms with Gasteiger partial charge in [0.15, 0.2) is 0 Å². The number of likely N-dealkylation sites (N-methyl/N-ethyl adjacent to an activating group) is 1. The molecular formula is C18H32ClFN4O3S. The Hall–Kier alpha value is -0.480. The lowest BCUT2D eigenvalue weighted by atomic mass is 9.76. The average Bonchev–Trinajstić information content (AvgIpc) is 3.09. The van der Waals surface area contributed by atoms with E-state index in [1.54, 1.807) is 0 Å². The molecule has 3 rings (SSSR count). The first-order chi connectivity index (χ1) is 13.2. The molecule has 7 nitrogen and oxygen atoms in total. The van der Waals surface area contributed by atoms with E-state index in [9.17, 15) is 17.6 Å². The zero-order valence-corrected chi connectivity index (χ0v) is 17.9. The molecule has 0 radical (unpaired) electrons. The normalized spacial score (nSPS) is 35.8. The molecule has 28 heavy (non-hydrogen) atoms. The molecule has 1 saturated heterocycles. The third-order valence-electron chi connectivity index (χ3n) is 6.36. The molecule has 3 aliphatic rings. The molecule has 162 valence electrons. The van der Waals surface area contributed by atoms with E-state index < -0.39 is 33.4 Å². The van der Waals surface area contributed by atoms with E-state index in [-0.39, 0.29) is 23.6 Å². The largest absolute Gasteiger partial charge is 0.300 e. The minimum atomic E-state index is -3.64. The van der Waals surface area contributed by atoms with Crippen LogP contribution in [0, 0.1) is 17.8 Å². The van der Waals surface area contributed by atoms with Gasteiger partial charge >= 0.3 is 0 Å². The van der Waals surface area contributed by atoms with Crippen LogP contribution < -0.4 is 15.6 Å². The molecular weight excluding hydrogens is 407 g/mol. The van der Waals surface area contributed by atoms with Crippen molar-refractivity contribution in [1.29, 1.82) is 0 Å². The van der Waals surface area contributed by atoms with Gasteiger partial charge in [0.2, 0.25) is 15.9 Å². The summed E-state index contributed by atoms with van der Waals surface area (Å²) in [5.74, 6) is -1.40. The van der Waals surface area contributed by atoms with Crippen LogP contribution in [-0.2, 0) is 14.8 Å². The first kappa shape index (κ1) is 22.2. The van der Waals surface area contributed by atoms with Crippen LogP contribution in [0.5, 0.6) is 0 Å². The van der Waals surface area contributed by atoms with E-state index in [0.717, 1.165) is 45.3 Å². The minimum Gasteiger partial charge on any atom is -0.300 e. The van der Waals surface area contributed by atoms with Crippen molar-refractivity contribution in [3.63, 3.8) is 0 Å². The second-order valence-corrected chi connectivity index (χ2v) is 11.0. The van der Waals surface area contributed by atoms with Gasteiger partial charge in [-0.3, -0.25) is 20.4 Å². The fourth-order valence-corrected chi connectivity index (χ4v) is 6.48. The monoisotopic (exact) mass is 438 g/mol. The second-order valence-electron chi connectivity index (χ2n) is 8.68. The van der Waals surface area contributed by atoms with Gasteiger partial charge in [0, 0.05) is 19.3 Å². The molecule has 2 aliphatic carbocycles. The maximum absolute atomic E-state index is 14.6. The summed E-state index contributed by atoms with van der Waals surface area (Å²) in [4.78, 5) is 16.8. The predicted octanol–water partition coefficient (Wildman–Crippen LogP) is 1.35. The average molecular weight is 439 g/mol. The molecule has 0 aromatic carbocycles. The number of hydrogen-bond donors (Lipinski definition) is 3. The van der Waals surface area contributed by atoms with Gasteiger partial charge in [-0.25, -0.2) is 12.8 Å². The zero-order valence-electron chi connectivity index (χ0n) is 16.4. The number of amides is 1. The van der Waals surface area contributed by atoms with Crippen molar-refractivity contribution < 1.29 is 17.6 Å². The Bertz CT molecular complexity index is 647. The first-order valence-corrected chi connectivity index (χ1v) is 12.3. The third kappa shape index (κ3) is 5.78. The van der Waals surface area contributed by atoms with Gasteiger partial charge in [-0.2, -0.15) is 0 Å². The fourth-order valence-electron chi connectivity index (χ4n) is 4.78. The first-order valence-electron chi connectivity index (χ1n) is 10.2. The SMILES string of the molecule is CN1CNC(C2CC(Cl)C(F)C(C(=O)NNS(=O)(=O)CC3CCCCC3)C2)C1. The van der Waals surface area contributed by atoms with Gasteiger partial charge in [-0.05, 0) is 44.6 Å². The second kappa shape index (κ2) is 9.55. The standard InChI is InChI=1S/C18H32ClFN4O3S/c1-24-9-16(21-11-24)13-7-14(17(20)15(19)8-13)18(25)22-23-28(26,27)10-12-5-3-2-4-6-12/h12-17,21,23H,2-11H2,1H3,(H,22,25). The third-order valence-corrected chi connectivity index (χ3v) is 8.10. The smallest absolute Gasteiger partial charge is 0.241 e. The van der Waals surface area contributed by atoms with Crippen LogP contribution in [0.15, 0.2) is 0 Å². The Labute approximate surface area is 172 Å². The summed E-state index contributed by atoms with van der Waals surface area (Å²) in [5, 5.41) is 2.63. The molecule has 1 amide bonds. The topological polar surface area (TPSA) is 90.5 Å². The van der Waals surface area contributed by atoms with Crippen molar-refractivity contribution in [3.05, 3.63) is 0 Å². The molecule has 5 atom stereocenters. The van der Waals surface area contributed by atoms with E-state index in [0.29, 0.717) is 12.8 Å². The molecule has 3 N–H and O–H groups in total. The highest BCUT2D eigenvalue weighted by Crippen LogP contribution is 2.37. The lowest BCUT2D eigenvalue weighted by Crippen LogP contribution is -2.52. The highest BCUT2D eigenvalue weighted by Gasteiger charge is 2.44. The summed E-state index contributed by atoms with van der Waals surface area (Å²) in [6, 6.07) is 0.164. The molecule has 10 heteroatoms. The van der Waals surface area contributed by atoms with Crippen LogP contribution >= 0.6 is 11.6 Å². The maximum atomic E-state index is 14.6. The van der Waals surface area contributed by atoms with Gasteiger partial charge < -0.3 is 0 Å². The molecule has 0 aromatic heterocycles. The van der Waals surface area contributed by atoms with Crippen molar-refractivity contribution in [1.82, 2.24) is 20.5 Å². The number of alkyl halides is 2. The summed E-state index contributed by atoms with van der Waals surface area (Å²) in [6.07, 6.45) is 4.39. The molecule has 0 spiro atoms. The number of halogens is 2. The van der Waals surface area contributed by atoms with E-state index in [1.807, 2.05) is 7.05 Å².